The molecular weight excluding hydrogens is 352 g/mol. The summed E-state index contributed by atoms with van der Waals surface area (Å²) in [5.41, 5.74) is 3.21. The lowest BCUT2D eigenvalue weighted by Gasteiger charge is -2.42. The largest absolute Gasteiger partial charge is 0.342 e. The van der Waals surface area contributed by atoms with Gasteiger partial charge in [0, 0.05) is 50.3 Å². The van der Waals surface area contributed by atoms with Crippen molar-refractivity contribution in [1.29, 1.82) is 0 Å². The van der Waals surface area contributed by atoms with Crippen LogP contribution in [0.3, 0.4) is 0 Å². The Hall–Kier alpha value is -2.89. The summed E-state index contributed by atoms with van der Waals surface area (Å²) in [6.07, 6.45) is 1.54. The number of benzene rings is 1. The van der Waals surface area contributed by atoms with Crippen LogP contribution in [0.5, 0.6) is 0 Å². The standard InChI is InChI=1S/C22H24N4O2/c1-15-23-18-5-2-3-6-20(18)25(15)10-9-21(27)24-12-16-11-17(14-24)19-7-4-8-22(28)26(19)13-16/h2-8,16-17H,9-14H2,1H3. The van der Waals surface area contributed by atoms with Crippen molar-refractivity contribution >= 4 is 16.9 Å². The number of aryl methyl sites for hydroxylation is 2. The van der Waals surface area contributed by atoms with E-state index in [9.17, 15) is 9.59 Å². The molecule has 2 aliphatic rings. The van der Waals surface area contributed by atoms with Crippen molar-refractivity contribution in [3.05, 3.63) is 64.3 Å². The molecule has 2 aromatic heterocycles. The van der Waals surface area contributed by atoms with Gasteiger partial charge in [-0.1, -0.05) is 18.2 Å². The molecule has 28 heavy (non-hydrogen) atoms. The quantitative estimate of drug-likeness (QED) is 0.706. The van der Waals surface area contributed by atoms with Gasteiger partial charge in [0.15, 0.2) is 0 Å². The highest BCUT2D eigenvalue weighted by atomic mass is 16.2. The Labute approximate surface area is 163 Å². The van der Waals surface area contributed by atoms with Gasteiger partial charge in [-0.05, 0) is 37.5 Å². The summed E-state index contributed by atoms with van der Waals surface area (Å²) in [5.74, 6) is 1.77. The molecule has 1 fully saturated rings. The molecule has 3 aromatic rings. The normalized spacial score (nSPS) is 21.0. The third-order valence-electron chi connectivity index (χ3n) is 6.23. The predicted molar refractivity (Wildman–Crippen MR) is 107 cm³/mol. The number of hydrogen-bond donors (Lipinski definition) is 0. The Morgan fingerprint density at radius 1 is 1.11 bits per heavy atom. The minimum absolute atomic E-state index is 0.0782. The number of rotatable bonds is 3. The van der Waals surface area contributed by atoms with E-state index < -0.39 is 0 Å². The van der Waals surface area contributed by atoms with Crippen LogP contribution in [0.1, 0.15) is 30.3 Å². The first-order valence-electron chi connectivity index (χ1n) is 9.99. The van der Waals surface area contributed by atoms with Crippen LogP contribution in [0, 0.1) is 12.8 Å². The zero-order valence-corrected chi connectivity index (χ0v) is 16.0. The summed E-state index contributed by atoms with van der Waals surface area (Å²) in [5, 5.41) is 0. The molecule has 0 radical (unpaired) electrons. The Kier molecular flexibility index (Phi) is 4.07. The number of hydrogen-bond acceptors (Lipinski definition) is 3. The number of carbonyl (C=O) groups is 1. The fourth-order valence-corrected chi connectivity index (χ4v) is 4.94. The number of amides is 1. The topological polar surface area (TPSA) is 60.1 Å². The predicted octanol–water partition coefficient (Wildman–Crippen LogP) is 2.54. The molecule has 6 nitrogen and oxygen atoms in total. The summed E-state index contributed by atoms with van der Waals surface area (Å²) in [4.78, 5) is 31.7. The second-order valence-electron chi connectivity index (χ2n) is 8.05. The molecule has 0 N–H and O–H groups in total. The second-order valence-corrected chi connectivity index (χ2v) is 8.05. The van der Waals surface area contributed by atoms with Crippen molar-refractivity contribution in [2.45, 2.75) is 38.8 Å². The van der Waals surface area contributed by atoms with Crippen molar-refractivity contribution < 1.29 is 4.79 Å². The number of fused-ring (bicyclic) bond motifs is 5. The third-order valence-corrected chi connectivity index (χ3v) is 6.23. The van der Waals surface area contributed by atoms with E-state index in [2.05, 4.69) is 15.6 Å². The Balaban J connectivity index is 1.32. The number of nitrogens with zero attached hydrogens (tertiary/aromatic N) is 4. The van der Waals surface area contributed by atoms with Crippen LogP contribution in [0.25, 0.3) is 11.0 Å². The van der Waals surface area contributed by atoms with Crippen LogP contribution in [-0.2, 0) is 17.9 Å². The van der Waals surface area contributed by atoms with E-state index in [0.717, 1.165) is 42.1 Å². The molecule has 0 spiro atoms. The molecule has 1 saturated heterocycles. The molecule has 5 rings (SSSR count). The minimum Gasteiger partial charge on any atom is -0.342 e. The van der Waals surface area contributed by atoms with Gasteiger partial charge in [0.05, 0.1) is 11.0 Å². The van der Waals surface area contributed by atoms with E-state index >= 15 is 0 Å². The van der Waals surface area contributed by atoms with Crippen LogP contribution in [0.4, 0.5) is 0 Å². The van der Waals surface area contributed by atoms with Gasteiger partial charge in [-0.3, -0.25) is 9.59 Å². The van der Waals surface area contributed by atoms with Gasteiger partial charge in [-0.15, -0.1) is 0 Å². The van der Waals surface area contributed by atoms with Gasteiger partial charge in [-0.2, -0.15) is 0 Å². The van der Waals surface area contributed by atoms with E-state index in [1.807, 2.05) is 46.7 Å². The molecule has 0 saturated carbocycles. The fraction of sp³-hybridized carbons (Fsp3) is 0.409. The van der Waals surface area contributed by atoms with Crippen molar-refractivity contribution in [3.63, 3.8) is 0 Å². The Morgan fingerprint density at radius 2 is 1.96 bits per heavy atom. The van der Waals surface area contributed by atoms with Gasteiger partial charge in [0.2, 0.25) is 5.91 Å². The number of pyridine rings is 1. The molecule has 2 atom stereocenters. The molecule has 144 valence electrons. The van der Waals surface area contributed by atoms with E-state index in [1.165, 1.54) is 0 Å². The van der Waals surface area contributed by atoms with Gasteiger partial charge in [-0.25, -0.2) is 4.98 Å². The number of imidazole rings is 1. The van der Waals surface area contributed by atoms with Crippen LogP contribution in [-0.4, -0.2) is 38.0 Å². The van der Waals surface area contributed by atoms with Crippen LogP contribution in [0.15, 0.2) is 47.3 Å². The van der Waals surface area contributed by atoms with Gasteiger partial charge in [0.1, 0.15) is 5.82 Å². The summed E-state index contributed by atoms with van der Waals surface area (Å²) in [6, 6.07) is 13.6. The van der Waals surface area contributed by atoms with Crippen molar-refractivity contribution in [2.75, 3.05) is 13.1 Å². The summed E-state index contributed by atoms with van der Waals surface area (Å²) in [6.45, 7) is 4.82. The highest BCUT2D eigenvalue weighted by molar-refractivity contribution is 5.78. The van der Waals surface area contributed by atoms with Crippen LogP contribution < -0.4 is 5.56 Å². The maximum absolute atomic E-state index is 13.0. The number of aromatic nitrogens is 3. The zero-order chi connectivity index (χ0) is 19.3. The summed E-state index contributed by atoms with van der Waals surface area (Å²) in [7, 11) is 0. The first-order valence-corrected chi connectivity index (χ1v) is 9.99. The van der Waals surface area contributed by atoms with Gasteiger partial charge < -0.3 is 14.0 Å². The average Bonchev–Trinajstić information content (AvgIpc) is 3.02. The lowest BCUT2D eigenvalue weighted by molar-refractivity contribution is -0.134. The molecule has 2 unspecified atom stereocenters. The first-order chi connectivity index (χ1) is 13.6. The molecule has 1 aromatic carbocycles. The number of piperidine rings is 1. The SMILES string of the molecule is Cc1nc2ccccc2n1CCC(=O)N1CC2CC(C1)c1cccc(=O)n1C2. The van der Waals surface area contributed by atoms with Crippen molar-refractivity contribution in [2.24, 2.45) is 5.92 Å². The van der Waals surface area contributed by atoms with E-state index in [4.69, 9.17) is 0 Å². The van der Waals surface area contributed by atoms with Gasteiger partial charge >= 0.3 is 0 Å². The maximum Gasteiger partial charge on any atom is 0.250 e. The zero-order valence-electron chi connectivity index (χ0n) is 16.0. The average molecular weight is 376 g/mol. The van der Waals surface area contributed by atoms with Crippen LogP contribution >= 0.6 is 0 Å². The molecular formula is C22H24N4O2. The second kappa shape index (κ2) is 6.62. The maximum atomic E-state index is 13.0. The smallest absolute Gasteiger partial charge is 0.250 e. The highest BCUT2D eigenvalue weighted by Gasteiger charge is 2.36. The van der Waals surface area contributed by atoms with E-state index in [0.29, 0.717) is 25.4 Å². The lowest BCUT2D eigenvalue weighted by Crippen LogP contribution is -2.49. The molecule has 4 heterocycles. The first kappa shape index (κ1) is 17.2. The fourth-order valence-electron chi connectivity index (χ4n) is 4.94. The van der Waals surface area contributed by atoms with Crippen molar-refractivity contribution in [3.8, 4) is 0 Å². The number of para-hydroxylation sites is 2. The van der Waals surface area contributed by atoms with Crippen molar-refractivity contribution in [1.82, 2.24) is 19.0 Å². The summed E-state index contributed by atoms with van der Waals surface area (Å²) < 4.78 is 4.04. The van der Waals surface area contributed by atoms with E-state index in [-0.39, 0.29) is 17.4 Å². The number of likely N-dealkylation sites (tertiary alicyclic amines) is 1. The minimum atomic E-state index is 0.0782. The molecule has 0 aliphatic carbocycles. The monoisotopic (exact) mass is 376 g/mol. The summed E-state index contributed by atoms with van der Waals surface area (Å²) >= 11 is 0. The van der Waals surface area contributed by atoms with E-state index in [1.54, 1.807) is 6.07 Å². The van der Waals surface area contributed by atoms with Crippen LogP contribution in [0.2, 0.25) is 0 Å². The Bertz CT molecular complexity index is 1110. The molecule has 6 heteroatoms. The molecule has 1 amide bonds. The molecule has 2 aliphatic heterocycles. The van der Waals surface area contributed by atoms with Gasteiger partial charge in [0.25, 0.3) is 5.56 Å². The third kappa shape index (κ3) is 2.84. The highest BCUT2D eigenvalue weighted by Crippen LogP contribution is 2.35. The lowest BCUT2D eigenvalue weighted by atomic mass is 9.83. The Morgan fingerprint density at radius 3 is 2.86 bits per heavy atom. The number of carbonyl (C=O) groups excluding carboxylic acids is 1. The molecule has 2 bridgehead atoms.